The largest absolute Gasteiger partial charge is 0.478 e. The summed E-state index contributed by atoms with van der Waals surface area (Å²) in [5.74, 6) is -1.05. The van der Waals surface area contributed by atoms with Crippen molar-refractivity contribution in [3.05, 3.63) is 111 Å². The van der Waals surface area contributed by atoms with Crippen LogP contribution >= 0.6 is 0 Å². The molecule has 0 bridgehead atoms. The predicted octanol–water partition coefficient (Wildman–Crippen LogP) is 8.75. The number of hydrogen-bond donors (Lipinski definition) is 1. The normalized spacial score (nSPS) is 17.2. The van der Waals surface area contributed by atoms with Gasteiger partial charge in [-0.25, -0.2) is 13.6 Å². The van der Waals surface area contributed by atoms with Crippen LogP contribution in [0.15, 0.2) is 66.2 Å². The number of allylic oxidation sites excluding steroid dienone is 1. The number of carboxylic acids is 1. The van der Waals surface area contributed by atoms with Crippen molar-refractivity contribution >= 4 is 23.2 Å². The van der Waals surface area contributed by atoms with Crippen LogP contribution in [0.5, 0.6) is 0 Å². The maximum Gasteiger partial charge on any atom is 0.417 e. The van der Waals surface area contributed by atoms with E-state index in [1.54, 1.807) is 18.2 Å². The molecule has 0 unspecified atom stereocenters. The van der Waals surface area contributed by atoms with Crippen molar-refractivity contribution < 1.29 is 31.9 Å². The predicted molar refractivity (Wildman–Crippen MR) is 155 cm³/mol. The van der Waals surface area contributed by atoms with Gasteiger partial charge in [-0.2, -0.15) is 13.2 Å². The molecule has 0 aromatic heterocycles. The smallest absolute Gasteiger partial charge is 0.417 e. The number of hydrogen-bond acceptors (Lipinski definition) is 2. The molecule has 1 aliphatic carbocycles. The fourth-order valence-corrected chi connectivity index (χ4v) is 6.13. The molecule has 0 atom stereocenters. The number of likely N-dealkylation sites (tertiary alicyclic amines) is 1. The van der Waals surface area contributed by atoms with Gasteiger partial charge in [0, 0.05) is 26.1 Å². The number of fused-ring (bicyclic) bond motifs is 1. The van der Waals surface area contributed by atoms with E-state index in [2.05, 4.69) is 0 Å². The highest BCUT2D eigenvalue weighted by molar-refractivity contribution is 6.01. The van der Waals surface area contributed by atoms with Crippen molar-refractivity contribution in [1.29, 1.82) is 0 Å². The lowest BCUT2D eigenvalue weighted by molar-refractivity contribution is -0.138. The number of nitrogens with zero attached hydrogens (tertiary/aromatic N) is 1. The van der Waals surface area contributed by atoms with Gasteiger partial charge in [0.05, 0.1) is 11.1 Å². The van der Waals surface area contributed by atoms with E-state index < -0.39 is 24.1 Å². The maximum atomic E-state index is 14.4. The number of carbonyl (C=O) groups is 1. The lowest BCUT2D eigenvalue weighted by Gasteiger charge is -2.21. The highest BCUT2D eigenvalue weighted by Crippen LogP contribution is 2.45. The highest BCUT2D eigenvalue weighted by atomic mass is 19.4. The molecule has 2 aliphatic rings. The average Bonchev–Trinajstić information content (AvgIpc) is 3.29. The minimum Gasteiger partial charge on any atom is -0.478 e. The number of carboxylic acid groups (broad SMARTS) is 1. The van der Waals surface area contributed by atoms with E-state index in [1.807, 2.05) is 35.2 Å². The number of aryl methyl sites for hydroxylation is 2. The Kier molecular flexibility index (Phi) is 8.64. The second-order valence-electron chi connectivity index (χ2n) is 11.0. The van der Waals surface area contributed by atoms with E-state index >= 15 is 0 Å². The zero-order chi connectivity index (χ0) is 30.0. The molecule has 0 radical (unpaired) electrons. The van der Waals surface area contributed by atoms with Crippen molar-refractivity contribution in [3.8, 4) is 0 Å². The van der Waals surface area contributed by atoms with E-state index in [0.717, 1.165) is 40.8 Å². The molecule has 1 heterocycles. The monoisotopic (exact) mass is 581 g/mol. The molecule has 1 saturated heterocycles. The van der Waals surface area contributed by atoms with E-state index in [1.165, 1.54) is 25.1 Å². The summed E-state index contributed by atoms with van der Waals surface area (Å²) in [7, 11) is 0. The van der Waals surface area contributed by atoms with Crippen LogP contribution in [0, 0.1) is 6.92 Å². The summed E-state index contributed by atoms with van der Waals surface area (Å²) in [6.45, 7) is 3.19. The minimum atomic E-state index is -4.54. The lowest BCUT2D eigenvalue weighted by atomic mass is 9.84. The number of benzene rings is 3. The molecule has 0 spiro atoms. The summed E-state index contributed by atoms with van der Waals surface area (Å²) in [6, 6.07) is 17.1. The molecular formula is C34H32F5NO2. The lowest BCUT2D eigenvalue weighted by Crippen LogP contribution is -2.22. The van der Waals surface area contributed by atoms with Gasteiger partial charge in [0.1, 0.15) is 0 Å². The van der Waals surface area contributed by atoms with Gasteiger partial charge in [-0.15, -0.1) is 0 Å². The standard InChI is InChI=1S/C34H32F5NO2/c1-21-4-2-7-29(32(21)34(37,38)39)28-6-3-5-25-19-26(33(41)42)12-13-27(25)31(28)24-10-8-22(9-11-24)18-23-14-16-40(20-23)17-15-30(35)36/h2,4,7-13,18-19,30H,3,5-6,14-17,20H2,1H3,(H,41,42). The van der Waals surface area contributed by atoms with Crippen LogP contribution in [0.3, 0.4) is 0 Å². The molecule has 8 heteroatoms. The molecule has 3 aromatic carbocycles. The van der Waals surface area contributed by atoms with Crippen molar-refractivity contribution in [3.63, 3.8) is 0 Å². The summed E-state index contributed by atoms with van der Waals surface area (Å²) in [5, 5.41) is 9.57. The number of rotatable bonds is 7. The quantitative estimate of drug-likeness (QED) is 0.284. The van der Waals surface area contributed by atoms with Crippen LogP contribution in [0.4, 0.5) is 22.0 Å². The number of alkyl halides is 5. The highest BCUT2D eigenvalue weighted by Gasteiger charge is 2.36. The molecule has 42 heavy (non-hydrogen) atoms. The Labute approximate surface area is 242 Å². The number of halogens is 5. The van der Waals surface area contributed by atoms with Crippen molar-refractivity contribution in [2.75, 3.05) is 19.6 Å². The first-order valence-corrected chi connectivity index (χ1v) is 14.1. The van der Waals surface area contributed by atoms with Gasteiger partial charge in [-0.05, 0) is 89.3 Å². The zero-order valence-electron chi connectivity index (χ0n) is 23.3. The average molecular weight is 582 g/mol. The molecule has 0 saturated carbocycles. The van der Waals surface area contributed by atoms with E-state index in [-0.39, 0.29) is 23.1 Å². The Hall–Kier alpha value is -3.78. The summed E-state index contributed by atoms with van der Waals surface area (Å²) in [5.41, 5.74) is 5.40. The molecule has 220 valence electrons. The van der Waals surface area contributed by atoms with Crippen molar-refractivity contribution in [1.82, 2.24) is 4.90 Å². The molecular weight excluding hydrogens is 549 g/mol. The SMILES string of the molecule is Cc1cccc(C2=C(c3ccc(C=C4CCN(CCC(F)F)C4)cc3)c3ccc(C(=O)O)cc3CCC2)c1C(F)(F)F. The van der Waals surface area contributed by atoms with Crippen LogP contribution < -0.4 is 0 Å². The molecule has 1 N–H and O–H groups in total. The van der Waals surface area contributed by atoms with Gasteiger partial charge in [0.2, 0.25) is 6.43 Å². The third kappa shape index (κ3) is 6.49. The van der Waals surface area contributed by atoms with Crippen LogP contribution in [0.25, 0.3) is 17.2 Å². The molecule has 5 rings (SSSR count). The maximum absolute atomic E-state index is 14.4. The summed E-state index contributed by atoms with van der Waals surface area (Å²) in [6.07, 6.45) is -2.64. The third-order valence-corrected chi connectivity index (χ3v) is 8.09. The van der Waals surface area contributed by atoms with E-state index in [9.17, 15) is 31.9 Å². The van der Waals surface area contributed by atoms with Gasteiger partial charge in [0.15, 0.2) is 0 Å². The van der Waals surface area contributed by atoms with Crippen LogP contribution in [-0.2, 0) is 12.6 Å². The molecule has 1 aliphatic heterocycles. The second kappa shape index (κ2) is 12.2. The van der Waals surface area contributed by atoms with Gasteiger partial charge >= 0.3 is 12.1 Å². The Morgan fingerprint density at radius 3 is 2.45 bits per heavy atom. The van der Waals surface area contributed by atoms with E-state index in [4.69, 9.17) is 0 Å². The van der Waals surface area contributed by atoms with E-state index in [0.29, 0.717) is 43.5 Å². The summed E-state index contributed by atoms with van der Waals surface area (Å²) >= 11 is 0. The first kappa shape index (κ1) is 29.7. The minimum absolute atomic E-state index is 0.143. The topological polar surface area (TPSA) is 40.5 Å². The van der Waals surface area contributed by atoms with Crippen molar-refractivity contribution in [2.24, 2.45) is 0 Å². The Morgan fingerprint density at radius 1 is 1.00 bits per heavy atom. The van der Waals surface area contributed by atoms with Crippen LogP contribution in [0.2, 0.25) is 0 Å². The summed E-state index contributed by atoms with van der Waals surface area (Å²) in [4.78, 5) is 13.7. The third-order valence-electron chi connectivity index (χ3n) is 8.09. The first-order chi connectivity index (χ1) is 20.0. The molecule has 3 nitrogen and oxygen atoms in total. The molecule has 1 fully saturated rings. The van der Waals surface area contributed by atoms with Gasteiger partial charge < -0.3 is 5.11 Å². The van der Waals surface area contributed by atoms with Crippen LogP contribution in [-0.4, -0.2) is 42.0 Å². The fraction of sp³-hybridized carbons (Fsp3) is 0.324. The Balaban J connectivity index is 1.59. The van der Waals surface area contributed by atoms with Crippen molar-refractivity contribution in [2.45, 2.75) is 51.6 Å². The van der Waals surface area contributed by atoms with Gasteiger partial charge in [0.25, 0.3) is 0 Å². The Morgan fingerprint density at radius 2 is 1.76 bits per heavy atom. The molecule has 0 amide bonds. The zero-order valence-corrected chi connectivity index (χ0v) is 23.3. The molecule has 3 aromatic rings. The fourth-order valence-electron chi connectivity index (χ4n) is 6.13. The Bertz CT molecular complexity index is 1540. The van der Waals surface area contributed by atoms with Crippen LogP contribution in [0.1, 0.15) is 75.0 Å². The first-order valence-electron chi connectivity index (χ1n) is 14.1. The van der Waals surface area contributed by atoms with Gasteiger partial charge in [-0.1, -0.05) is 60.2 Å². The van der Waals surface area contributed by atoms with Gasteiger partial charge in [-0.3, -0.25) is 4.90 Å². The second-order valence-corrected chi connectivity index (χ2v) is 11.0. The summed E-state index contributed by atoms with van der Waals surface area (Å²) < 4.78 is 68.3. The number of aromatic carboxylic acids is 1.